The predicted molar refractivity (Wildman–Crippen MR) is 105 cm³/mol. The largest absolute Gasteiger partial charge is 0.371 e. The van der Waals surface area contributed by atoms with Crippen LogP contribution >= 0.6 is 11.8 Å². The van der Waals surface area contributed by atoms with Crippen molar-refractivity contribution in [3.8, 4) is 0 Å². The first-order chi connectivity index (χ1) is 13.0. The quantitative estimate of drug-likeness (QED) is 0.814. The average molecular weight is 388 g/mol. The van der Waals surface area contributed by atoms with Crippen LogP contribution in [-0.2, 0) is 11.8 Å². The molecule has 144 valence electrons. The van der Waals surface area contributed by atoms with Crippen LogP contribution in [-0.4, -0.2) is 51.0 Å². The first-order valence-electron chi connectivity index (χ1n) is 9.35. The molecule has 2 heterocycles. The number of nitrogens with zero attached hydrogens (tertiary/aromatic N) is 4. The van der Waals surface area contributed by atoms with Crippen LogP contribution in [0.5, 0.6) is 0 Å². The Morgan fingerprint density at radius 2 is 2.26 bits per heavy atom. The molecule has 2 amide bonds. The Morgan fingerprint density at radius 3 is 2.96 bits per heavy atom. The van der Waals surface area contributed by atoms with E-state index in [4.69, 9.17) is 4.74 Å². The van der Waals surface area contributed by atoms with Gasteiger partial charge in [-0.05, 0) is 43.9 Å². The van der Waals surface area contributed by atoms with E-state index in [9.17, 15) is 4.79 Å². The predicted octanol–water partition coefficient (Wildman–Crippen LogP) is 3.46. The van der Waals surface area contributed by atoms with Crippen LogP contribution in [0.15, 0.2) is 35.7 Å². The van der Waals surface area contributed by atoms with Gasteiger partial charge in [-0.25, -0.2) is 4.79 Å². The number of ether oxygens (including phenoxy) is 1. The van der Waals surface area contributed by atoms with Gasteiger partial charge in [0, 0.05) is 24.5 Å². The Bertz CT molecular complexity index is 820. The number of aryl methyl sites for hydroxylation is 1. The van der Waals surface area contributed by atoms with Crippen LogP contribution in [0.4, 0.5) is 10.5 Å². The second-order valence-corrected chi connectivity index (χ2v) is 8.65. The number of benzene rings is 1. The number of urea groups is 1. The molecule has 0 radical (unpaired) electrons. The maximum Gasteiger partial charge on any atom is 0.322 e. The summed E-state index contributed by atoms with van der Waals surface area (Å²) in [6, 6.07) is 7.97. The van der Waals surface area contributed by atoms with Crippen molar-refractivity contribution in [1.29, 1.82) is 0 Å². The van der Waals surface area contributed by atoms with E-state index in [2.05, 4.69) is 28.5 Å². The number of hydrogen-bond donors (Lipinski definition) is 1. The molecular formula is C19H25N5O2S. The Morgan fingerprint density at radius 1 is 1.41 bits per heavy atom. The number of aromatic nitrogens is 3. The lowest BCUT2D eigenvalue weighted by Gasteiger charge is -2.48. The number of hydrogen-bond acceptors (Lipinski definition) is 5. The lowest BCUT2D eigenvalue weighted by molar-refractivity contribution is -0.140. The van der Waals surface area contributed by atoms with Crippen LogP contribution in [0, 0.1) is 0 Å². The van der Waals surface area contributed by atoms with Gasteiger partial charge in [-0.1, -0.05) is 23.9 Å². The maximum absolute atomic E-state index is 12.7. The minimum Gasteiger partial charge on any atom is -0.371 e. The van der Waals surface area contributed by atoms with E-state index in [1.165, 1.54) is 6.42 Å². The Hall–Kier alpha value is -2.06. The first kappa shape index (κ1) is 18.3. The van der Waals surface area contributed by atoms with Crippen molar-refractivity contribution >= 4 is 23.5 Å². The molecule has 27 heavy (non-hydrogen) atoms. The molecule has 2 aromatic rings. The van der Waals surface area contributed by atoms with Gasteiger partial charge >= 0.3 is 6.03 Å². The summed E-state index contributed by atoms with van der Waals surface area (Å²) in [4.78, 5) is 14.6. The minimum atomic E-state index is -0.0846. The highest BCUT2D eigenvalue weighted by Crippen LogP contribution is 2.38. The molecule has 0 bridgehead atoms. The van der Waals surface area contributed by atoms with Gasteiger partial charge in [-0.3, -0.25) is 0 Å². The molecular weight excluding hydrogens is 362 g/mol. The molecule has 1 N–H and O–H groups in total. The summed E-state index contributed by atoms with van der Waals surface area (Å²) in [7, 11) is 1.93. The second kappa shape index (κ2) is 7.52. The van der Waals surface area contributed by atoms with Crippen molar-refractivity contribution < 1.29 is 9.53 Å². The number of anilines is 1. The van der Waals surface area contributed by atoms with Crippen molar-refractivity contribution in [3.05, 3.63) is 36.2 Å². The van der Waals surface area contributed by atoms with Crippen LogP contribution in [0.3, 0.4) is 0 Å². The highest BCUT2D eigenvalue weighted by Gasteiger charge is 2.43. The van der Waals surface area contributed by atoms with Crippen molar-refractivity contribution in [3.63, 3.8) is 0 Å². The topological polar surface area (TPSA) is 72.3 Å². The number of amides is 2. The number of morpholine rings is 1. The Balaban J connectivity index is 1.40. The molecule has 1 aromatic carbocycles. The second-order valence-electron chi connectivity index (χ2n) is 7.35. The van der Waals surface area contributed by atoms with E-state index in [0.717, 1.165) is 29.2 Å². The molecule has 1 aliphatic carbocycles. The monoisotopic (exact) mass is 387 g/mol. The summed E-state index contributed by atoms with van der Waals surface area (Å²) in [5, 5.41) is 12.2. The SMILES string of the molecule is C[C@H](Sc1nncn1C)c1cccc(NC(=O)N2CCOC3(CCC3)C2)c1. The fraction of sp³-hybridized carbons (Fsp3) is 0.526. The highest BCUT2D eigenvalue weighted by molar-refractivity contribution is 7.99. The number of nitrogens with one attached hydrogen (secondary N) is 1. The van der Waals surface area contributed by atoms with Crippen molar-refractivity contribution in [2.45, 2.75) is 42.2 Å². The summed E-state index contributed by atoms with van der Waals surface area (Å²) < 4.78 is 7.81. The number of rotatable bonds is 4. The number of carbonyl (C=O) groups excluding carboxylic acids is 1. The van der Waals surface area contributed by atoms with Gasteiger partial charge in [0.25, 0.3) is 0 Å². The van der Waals surface area contributed by atoms with Gasteiger partial charge in [0.05, 0.1) is 18.8 Å². The zero-order valence-corrected chi connectivity index (χ0v) is 16.5. The third-order valence-electron chi connectivity index (χ3n) is 5.36. The minimum absolute atomic E-state index is 0.0460. The summed E-state index contributed by atoms with van der Waals surface area (Å²) in [6.45, 7) is 4.09. The normalized spacial score (nSPS) is 19.6. The van der Waals surface area contributed by atoms with Gasteiger partial charge in [-0.15, -0.1) is 10.2 Å². The lowest BCUT2D eigenvalue weighted by atomic mass is 9.79. The molecule has 1 atom stereocenters. The molecule has 2 aliphatic rings. The highest BCUT2D eigenvalue weighted by atomic mass is 32.2. The lowest BCUT2D eigenvalue weighted by Crippen LogP contribution is -2.57. The zero-order valence-electron chi connectivity index (χ0n) is 15.7. The molecule has 1 saturated heterocycles. The molecule has 1 aromatic heterocycles. The molecule has 8 heteroatoms. The third-order valence-corrected chi connectivity index (χ3v) is 6.57. The van der Waals surface area contributed by atoms with Gasteiger partial charge < -0.3 is 19.5 Å². The van der Waals surface area contributed by atoms with E-state index in [0.29, 0.717) is 19.7 Å². The fourth-order valence-corrected chi connectivity index (χ4v) is 4.48. The van der Waals surface area contributed by atoms with Crippen molar-refractivity contribution in [2.24, 2.45) is 7.05 Å². The summed E-state index contributed by atoms with van der Waals surface area (Å²) in [6.07, 6.45) is 5.01. The van der Waals surface area contributed by atoms with Crippen LogP contribution in [0.25, 0.3) is 0 Å². The maximum atomic E-state index is 12.7. The molecule has 1 saturated carbocycles. The van der Waals surface area contributed by atoms with Crippen molar-refractivity contribution in [1.82, 2.24) is 19.7 Å². The number of carbonyl (C=O) groups is 1. The first-order valence-corrected chi connectivity index (χ1v) is 10.2. The standard InChI is InChI=1S/C19H25N5O2S/c1-14(27-18-22-20-13-23(18)2)15-5-3-6-16(11-15)21-17(25)24-9-10-26-19(12-24)7-4-8-19/h3,5-6,11,13-14H,4,7-10,12H2,1-2H3,(H,21,25)/t14-/m0/s1. The van der Waals surface area contributed by atoms with Crippen molar-refractivity contribution in [2.75, 3.05) is 25.0 Å². The Labute approximate surface area is 163 Å². The zero-order chi connectivity index (χ0) is 18.9. The van der Waals surface area contributed by atoms with E-state index < -0.39 is 0 Å². The molecule has 4 rings (SSSR count). The Kier molecular flexibility index (Phi) is 5.10. The summed E-state index contributed by atoms with van der Waals surface area (Å²) >= 11 is 1.65. The molecule has 1 spiro atoms. The van der Waals surface area contributed by atoms with Crippen LogP contribution in [0.2, 0.25) is 0 Å². The molecule has 2 fully saturated rings. The van der Waals surface area contributed by atoms with Crippen LogP contribution < -0.4 is 5.32 Å². The fourth-order valence-electron chi connectivity index (χ4n) is 3.57. The van der Waals surface area contributed by atoms with Gasteiger partial charge in [0.1, 0.15) is 6.33 Å². The van der Waals surface area contributed by atoms with Gasteiger partial charge in [-0.2, -0.15) is 0 Å². The van der Waals surface area contributed by atoms with Gasteiger partial charge in [0.2, 0.25) is 0 Å². The number of thioether (sulfide) groups is 1. The van der Waals surface area contributed by atoms with E-state index in [1.54, 1.807) is 18.1 Å². The smallest absolute Gasteiger partial charge is 0.322 e. The molecule has 1 aliphatic heterocycles. The van der Waals surface area contributed by atoms with E-state index >= 15 is 0 Å². The van der Waals surface area contributed by atoms with Gasteiger partial charge in [0.15, 0.2) is 5.16 Å². The van der Waals surface area contributed by atoms with E-state index in [-0.39, 0.29) is 16.9 Å². The summed E-state index contributed by atoms with van der Waals surface area (Å²) in [5.41, 5.74) is 1.87. The van der Waals surface area contributed by atoms with Crippen LogP contribution in [0.1, 0.15) is 37.0 Å². The van der Waals surface area contributed by atoms with E-state index in [1.807, 2.05) is 34.7 Å². The molecule has 0 unspecified atom stereocenters. The molecule has 7 nitrogen and oxygen atoms in total. The average Bonchev–Trinajstić information content (AvgIpc) is 3.05. The third kappa shape index (κ3) is 3.96. The summed E-state index contributed by atoms with van der Waals surface area (Å²) in [5.74, 6) is 0.